The Bertz CT molecular complexity index is 2490. The quantitative estimate of drug-likeness (QED) is 0.175. The van der Waals surface area contributed by atoms with Crippen molar-refractivity contribution in [3.05, 3.63) is 175 Å². The first-order valence-corrected chi connectivity index (χ1v) is 17.3. The molecule has 2 aromatic heterocycles. The molecule has 0 aliphatic carbocycles. The lowest BCUT2D eigenvalue weighted by atomic mass is 9.75. The van der Waals surface area contributed by atoms with Crippen LogP contribution in [0, 0.1) is 0 Å². The van der Waals surface area contributed by atoms with Gasteiger partial charge in [-0.1, -0.05) is 147 Å². The van der Waals surface area contributed by atoms with Crippen molar-refractivity contribution in [3.8, 4) is 79.6 Å². The number of para-hydroxylation sites is 1. The molecule has 0 atom stereocenters. The van der Waals surface area contributed by atoms with Crippen molar-refractivity contribution in [1.82, 2.24) is 24.9 Å². The topological polar surface area (TPSA) is 73.7 Å². The van der Waals surface area contributed by atoms with Crippen LogP contribution < -0.4 is 4.74 Å². The normalized spacial score (nSPS) is 12.7. The van der Waals surface area contributed by atoms with Gasteiger partial charge in [0.05, 0.1) is 11.4 Å². The fourth-order valence-electron chi connectivity index (χ4n) is 6.79. The number of aromatic nitrogens is 5. The van der Waals surface area contributed by atoms with Crippen LogP contribution in [0.25, 0.3) is 68.1 Å². The Kier molecular flexibility index (Phi) is 7.70. The van der Waals surface area contributed by atoms with E-state index < -0.39 is 0 Å². The van der Waals surface area contributed by atoms with Crippen molar-refractivity contribution < 1.29 is 4.74 Å². The van der Waals surface area contributed by atoms with E-state index in [9.17, 15) is 0 Å². The lowest BCUT2D eigenvalue weighted by Gasteiger charge is -2.34. The first-order chi connectivity index (χ1) is 25.5. The summed E-state index contributed by atoms with van der Waals surface area (Å²) in [5.41, 5.74) is 9.37. The van der Waals surface area contributed by atoms with E-state index in [4.69, 9.17) is 29.7 Å². The molecular weight excluding hydrogens is 639 g/mol. The molecule has 9 rings (SSSR count). The molecule has 6 aromatic carbocycles. The molecule has 1 aliphatic rings. The van der Waals surface area contributed by atoms with Gasteiger partial charge in [0.2, 0.25) is 0 Å². The van der Waals surface area contributed by atoms with Gasteiger partial charge in [0.15, 0.2) is 23.3 Å². The summed E-state index contributed by atoms with van der Waals surface area (Å²) in [6.45, 7) is 4.49. The zero-order chi connectivity index (χ0) is 35.1. The molecule has 3 heterocycles. The summed E-state index contributed by atoms with van der Waals surface area (Å²) in [5, 5.41) is 0. The van der Waals surface area contributed by atoms with E-state index in [0.29, 0.717) is 23.3 Å². The third kappa shape index (κ3) is 5.80. The Morgan fingerprint density at radius 1 is 0.346 bits per heavy atom. The molecule has 6 nitrogen and oxygen atoms in total. The molecule has 248 valence electrons. The van der Waals surface area contributed by atoms with Gasteiger partial charge in [-0.25, -0.2) is 24.9 Å². The molecule has 0 saturated heterocycles. The first kappa shape index (κ1) is 31.2. The lowest BCUT2D eigenvalue weighted by molar-refractivity contribution is 0.418. The predicted molar refractivity (Wildman–Crippen MR) is 207 cm³/mol. The van der Waals surface area contributed by atoms with Crippen molar-refractivity contribution in [2.45, 2.75) is 19.3 Å². The van der Waals surface area contributed by atoms with Crippen LogP contribution in [0.15, 0.2) is 164 Å². The summed E-state index contributed by atoms with van der Waals surface area (Å²) in [5.74, 6) is 4.24. The van der Waals surface area contributed by atoms with Gasteiger partial charge in [0.1, 0.15) is 11.5 Å². The van der Waals surface area contributed by atoms with E-state index in [1.807, 2.05) is 115 Å². The zero-order valence-electron chi connectivity index (χ0n) is 28.7. The van der Waals surface area contributed by atoms with E-state index in [1.54, 1.807) is 0 Å². The second-order valence-electron chi connectivity index (χ2n) is 13.4. The molecule has 0 N–H and O–H groups in total. The minimum Gasteiger partial charge on any atom is -0.457 e. The summed E-state index contributed by atoms with van der Waals surface area (Å²) in [4.78, 5) is 24.9. The lowest BCUT2D eigenvalue weighted by Crippen LogP contribution is -2.24. The average Bonchev–Trinajstić information content (AvgIpc) is 3.21. The molecule has 0 amide bonds. The third-order valence-corrected chi connectivity index (χ3v) is 9.63. The Balaban J connectivity index is 1.13. The summed E-state index contributed by atoms with van der Waals surface area (Å²) >= 11 is 0. The standard InChI is InChI=1S/C46H33N5O/c1-46(2)36-20-12-13-21-40(36)52-41-27-26-35(28-37(41)46)39-29-38(30-14-6-3-7-15-30)47-42(48-39)33-22-24-34(25-23-33)45-50-43(31-16-8-4-9-17-31)49-44(51-45)32-18-10-5-11-19-32/h3-29H,1-2H3. The van der Waals surface area contributed by atoms with Gasteiger partial charge < -0.3 is 4.74 Å². The maximum absolute atomic E-state index is 6.36. The fourth-order valence-corrected chi connectivity index (χ4v) is 6.79. The largest absolute Gasteiger partial charge is 0.457 e. The molecule has 0 bridgehead atoms. The Hall–Kier alpha value is -6.79. The first-order valence-electron chi connectivity index (χ1n) is 17.3. The molecule has 0 saturated carbocycles. The maximum atomic E-state index is 6.36. The zero-order valence-corrected chi connectivity index (χ0v) is 28.7. The Morgan fingerprint density at radius 3 is 1.31 bits per heavy atom. The van der Waals surface area contributed by atoms with Gasteiger partial charge in [-0.2, -0.15) is 0 Å². The highest BCUT2D eigenvalue weighted by molar-refractivity contribution is 5.75. The predicted octanol–water partition coefficient (Wildman–Crippen LogP) is 11.1. The second-order valence-corrected chi connectivity index (χ2v) is 13.4. The highest BCUT2D eigenvalue weighted by Gasteiger charge is 2.34. The molecule has 52 heavy (non-hydrogen) atoms. The van der Waals surface area contributed by atoms with Gasteiger partial charge in [-0.15, -0.1) is 0 Å². The number of hydrogen-bond donors (Lipinski definition) is 0. The van der Waals surface area contributed by atoms with Gasteiger partial charge >= 0.3 is 0 Å². The van der Waals surface area contributed by atoms with Crippen LogP contribution in [0.1, 0.15) is 25.0 Å². The average molecular weight is 672 g/mol. The minimum atomic E-state index is -0.246. The number of fused-ring (bicyclic) bond motifs is 2. The van der Waals surface area contributed by atoms with E-state index in [1.165, 1.54) is 0 Å². The van der Waals surface area contributed by atoms with E-state index in [2.05, 4.69) is 62.4 Å². The molecule has 1 aliphatic heterocycles. The van der Waals surface area contributed by atoms with Crippen molar-refractivity contribution in [3.63, 3.8) is 0 Å². The second kappa shape index (κ2) is 12.8. The van der Waals surface area contributed by atoms with E-state index >= 15 is 0 Å². The molecule has 0 radical (unpaired) electrons. The van der Waals surface area contributed by atoms with Crippen LogP contribution in [0.4, 0.5) is 0 Å². The van der Waals surface area contributed by atoms with Crippen molar-refractivity contribution in [2.75, 3.05) is 0 Å². The molecule has 0 unspecified atom stereocenters. The third-order valence-electron chi connectivity index (χ3n) is 9.63. The molecule has 0 fully saturated rings. The van der Waals surface area contributed by atoms with Crippen LogP contribution in [-0.4, -0.2) is 24.9 Å². The number of rotatable bonds is 6. The number of ether oxygens (including phenoxy) is 1. The Morgan fingerprint density at radius 2 is 0.750 bits per heavy atom. The summed E-state index contributed by atoms with van der Waals surface area (Å²) < 4.78 is 6.36. The van der Waals surface area contributed by atoms with E-state index in [0.717, 1.165) is 67.4 Å². The van der Waals surface area contributed by atoms with Gasteiger partial charge in [0.25, 0.3) is 0 Å². The number of nitrogens with zero attached hydrogens (tertiary/aromatic N) is 5. The summed E-state index contributed by atoms with van der Waals surface area (Å²) in [7, 11) is 0. The van der Waals surface area contributed by atoms with Crippen LogP contribution >= 0.6 is 0 Å². The molecular formula is C46H33N5O. The summed E-state index contributed by atoms with van der Waals surface area (Å²) in [6.07, 6.45) is 0. The van der Waals surface area contributed by atoms with Crippen LogP contribution in [-0.2, 0) is 5.41 Å². The van der Waals surface area contributed by atoms with Crippen molar-refractivity contribution in [1.29, 1.82) is 0 Å². The monoisotopic (exact) mass is 671 g/mol. The van der Waals surface area contributed by atoms with Crippen molar-refractivity contribution >= 4 is 0 Å². The van der Waals surface area contributed by atoms with Gasteiger partial charge in [0, 0.05) is 49.9 Å². The van der Waals surface area contributed by atoms with Gasteiger partial charge in [-0.3, -0.25) is 0 Å². The van der Waals surface area contributed by atoms with Crippen LogP contribution in [0.2, 0.25) is 0 Å². The van der Waals surface area contributed by atoms with Crippen LogP contribution in [0.5, 0.6) is 11.5 Å². The number of benzene rings is 6. The highest BCUT2D eigenvalue weighted by Crippen LogP contribution is 2.48. The molecule has 6 heteroatoms. The molecule has 0 spiro atoms. The maximum Gasteiger partial charge on any atom is 0.164 e. The SMILES string of the molecule is CC1(C)c2ccccc2Oc2ccc(-c3cc(-c4ccccc4)nc(-c4ccc(-c5nc(-c6ccccc6)nc(-c6ccccc6)n5)cc4)n3)cc21. The van der Waals surface area contributed by atoms with Gasteiger partial charge in [-0.05, 0) is 30.3 Å². The smallest absolute Gasteiger partial charge is 0.164 e. The minimum absolute atomic E-state index is 0.246. The van der Waals surface area contributed by atoms with Crippen LogP contribution in [0.3, 0.4) is 0 Å². The fraction of sp³-hybridized carbons (Fsp3) is 0.0652. The highest BCUT2D eigenvalue weighted by atomic mass is 16.5. The van der Waals surface area contributed by atoms with Crippen molar-refractivity contribution in [2.24, 2.45) is 0 Å². The van der Waals surface area contributed by atoms with E-state index in [-0.39, 0.29) is 5.41 Å². The Labute approximate surface area is 302 Å². The number of hydrogen-bond acceptors (Lipinski definition) is 6. The summed E-state index contributed by atoms with van der Waals surface area (Å²) in [6, 6.07) is 55.1. The molecule has 8 aromatic rings.